The number of halogens is 1. The van der Waals surface area contributed by atoms with E-state index in [1.54, 1.807) is 35.5 Å². The number of piperidine rings is 1. The van der Waals surface area contributed by atoms with Gasteiger partial charge in [0.25, 0.3) is 0 Å². The summed E-state index contributed by atoms with van der Waals surface area (Å²) >= 11 is 0. The molecule has 5 aromatic rings. The molecule has 0 saturated carbocycles. The molecule has 1 amide bonds. The van der Waals surface area contributed by atoms with Crippen molar-refractivity contribution >= 4 is 11.6 Å². The standard InChI is InChI=1S/C32H29FN4O4/c1-40-26-10-7-11-27(28(26)33)41-24-14-12-23(13-15-24)29-25-21-34-17-19-36(25)30(35-29)32(20-22-8-3-2-4-9-22)16-5-6-18-37(32)31(38)39/h2-4,7-15,17,19,21H,5-6,16,18,20H2,1H3,(H,38,39)/t32-/m0/s1. The Morgan fingerprint density at radius 1 is 1.02 bits per heavy atom. The third kappa shape index (κ3) is 4.84. The molecule has 1 atom stereocenters. The molecule has 0 unspecified atom stereocenters. The fourth-order valence-electron chi connectivity index (χ4n) is 5.76. The van der Waals surface area contributed by atoms with Crippen molar-refractivity contribution in [2.24, 2.45) is 0 Å². The van der Waals surface area contributed by atoms with E-state index in [0.717, 1.165) is 29.5 Å². The summed E-state index contributed by atoms with van der Waals surface area (Å²) in [5.41, 5.74) is 2.42. The van der Waals surface area contributed by atoms with Gasteiger partial charge in [0.15, 0.2) is 11.5 Å². The van der Waals surface area contributed by atoms with Gasteiger partial charge in [-0.15, -0.1) is 0 Å². The summed E-state index contributed by atoms with van der Waals surface area (Å²) in [7, 11) is 1.41. The first-order chi connectivity index (χ1) is 20.0. The Morgan fingerprint density at radius 2 is 1.80 bits per heavy atom. The third-order valence-corrected chi connectivity index (χ3v) is 7.68. The van der Waals surface area contributed by atoms with E-state index in [1.807, 2.05) is 53.1 Å². The Hall–Kier alpha value is -4.92. The summed E-state index contributed by atoms with van der Waals surface area (Å²) in [5.74, 6) is 0.701. The first kappa shape index (κ1) is 26.3. The Balaban J connectivity index is 1.43. The molecule has 1 N–H and O–H groups in total. The van der Waals surface area contributed by atoms with Gasteiger partial charge < -0.3 is 14.6 Å². The van der Waals surface area contributed by atoms with E-state index in [9.17, 15) is 14.3 Å². The summed E-state index contributed by atoms with van der Waals surface area (Å²) in [6, 6.07) is 21.9. The van der Waals surface area contributed by atoms with Crippen LogP contribution >= 0.6 is 0 Å². The van der Waals surface area contributed by atoms with Crippen LogP contribution in [-0.4, -0.2) is 44.1 Å². The Bertz CT molecular complexity index is 1690. The van der Waals surface area contributed by atoms with Crippen LogP contribution in [0.2, 0.25) is 0 Å². The van der Waals surface area contributed by atoms with Crippen molar-refractivity contribution in [2.45, 2.75) is 31.2 Å². The first-order valence-electron chi connectivity index (χ1n) is 13.5. The molecule has 1 fully saturated rings. The predicted octanol–water partition coefficient (Wildman–Crippen LogP) is 6.94. The van der Waals surface area contributed by atoms with Crippen LogP contribution in [0.25, 0.3) is 16.8 Å². The molecule has 6 rings (SSSR count). The maximum atomic E-state index is 14.6. The van der Waals surface area contributed by atoms with E-state index in [0.29, 0.717) is 36.7 Å². The van der Waals surface area contributed by atoms with Gasteiger partial charge in [-0.2, -0.15) is 4.39 Å². The second-order valence-corrected chi connectivity index (χ2v) is 10.1. The zero-order valence-electron chi connectivity index (χ0n) is 22.5. The van der Waals surface area contributed by atoms with Crippen molar-refractivity contribution in [3.8, 4) is 28.5 Å². The number of ether oxygens (including phenoxy) is 2. The zero-order chi connectivity index (χ0) is 28.4. The number of aromatic nitrogens is 3. The summed E-state index contributed by atoms with van der Waals surface area (Å²) in [4.78, 5) is 23.7. The van der Waals surface area contributed by atoms with Crippen LogP contribution in [0.3, 0.4) is 0 Å². The molecule has 0 spiro atoms. The molecule has 3 aromatic carbocycles. The molecule has 0 radical (unpaired) electrons. The number of carbonyl (C=O) groups is 1. The number of imidazole rings is 1. The minimum Gasteiger partial charge on any atom is -0.494 e. The monoisotopic (exact) mass is 552 g/mol. The summed E-state index contributed by atoms with van der Waals surface area (Å²) in [5, 5.41) is 10.3. The largest absolute Gasteiger partial charge is 0.494 e. The van der Waals surface area contributed by atoms with E-state index in [-0.39, 0.29) is 11.5 Å². The van der Waals surface area contributed by atoms with E-state index in [4.69, 9.17) is 14.5 Å². The van der Waals surface area contributed by atoms with Gasteiger partial charge >= 0.3 is 6.09 Å². The van der Waals surface area contributed by atoms with E-state index < -0.39 is 17.4 Å². The highest BCUT2D eigenvalue weighted by molar-refractivity contribution is 5.78. The fraction of sp³-hybridized carbons (Fsp3) is 0.219. The molecule has 1 aliphatic heterocycles. The number of likely N-dealkylation sites (tertiary alicyclic amines) is 1. The lowest BCUT2D eigenvalue weighted by Crippen LogP contribution is -2.54. The van der Waals surface area contributed by atoms with Gasteiger partial charge in [-0.25, -0.2) is 9.78 Å². The Morgan fingerprint density at radius 3 is 2.56 bits per heavy atom. The number of nitrogens with zero attached hydrogens (tertiary/aromatic N) is 4. The predicted molar refractivity (Wildman–Crippen MR) is 152 cm³/mol. The fourth-order valence-corrected chi connectivity index (χ4v) is 5.76. The summed E-state index contributed by atoms with van der Waals surface area (Å²) in [6.07, 6.45) is 7.14. The number of carboxylic acid groups (broad SMARTS) is 1. The van der Waals surface area contributed by atoms with Gasteiger partial charge in [-0.05, 0) is 61.2 Å². The van der Waals surface area contributed by atoms with E-state index in [2.05, 4.69) is 4.98 Å². The molecule has 208 valence electrons. The topological polar surface area (TPSA) is 89.2 Å². The number of hydrogen-bond donors (Lipinski definition) is 1. The number of methoxy groups -OCH3 is 1. The van der Waals surface area contributed by atoms with Crippen LogP contribution in [0.4, 0.5) is 9.18 Å². The molecule has 1 saturated heterocycles. The summed E-state index contributed by atoms with van der Waals surface area (Å²) in [6.45, 7) is 0.435. The molecule has 0 aliphatic carbocycles. The molecule has 0 bridgehead atoms. The first-order valence-corrected chi connectivity index (χ1v) is 13.5. The van der Waals surface area contributed by atoms with Crippen molar-refractivity contribution in [2.75, 3.05) is 13.7 Å². The highest BCUT2D eigenvalue weighted by Crippen LogP contribution is 2.42. The van der Waals surface area contributed by atoms with Crippen LogP contribution in [-0.2, 0) is 12.0 Å². The quantitative estimate of drug-likeness (QED) is 0.235. The van der Waals surface area contributed by atoms with Gasteiger partial charge in [0, 0.05) is 30.9 Å². The lowest BCUT2D eigenvalue weighted by molar-refractivity contribution is 0.0384. The van der Waals surface area contributed by atoms with E-state index in [1.165, 1.54) is 19.2 Å². The molecule has 2 aromatic heterocycles. The number of amides is 1. The Labute approximate surface area is 236 Å². The van der Waals surface area contributed by atoms with Crippen molar-refractivity contribution in [1.82, 2.24) is 19.3 Å². The highest BCUT2D eigenvalue weighted by Gasteiger charge is 2.46. The average molecular weight is 553 g/mol. The van der Waals surface area contributed by atoms with Crippen molar-refractivity contribution in [3.63, 3.8) is 0 Å². The maximum absolute atomic E-state index is 14.6. The van der Waals surface area contributed by atoms with Crippen LogP contribution in [0.5, 0.6) is 17.2 Å². The Kier molecular flexibility index (Phi) is 7.01. The lowest BCUT2D eigenvalue weighted by atomic mass is 9.80. The number of benzene rings is 3. The minimum absolute atomic E-state index is 0.0601. The van der Waals surface area contributed by atoms with Crippen LogP contribution in [0.1, 0.15) is 30.7 Å². The van der Waals surface area contributed by atoms with Crippen LogP contribution < -0.4 is 9.47 Å². The number of fused-ring (bicyclic) bond motifs is 1. The minimum atomic E-state index is -0.959. The molecule has 1 aliphatic rings. The second kappa shape index (κ2) is 10.9. The van der Waals surface area contributed by atoms with Gasteiger partial charge in [0.2, 0.25) is 5.82 Å². The van der Waals surface area contributed by atoms with Gasteiger partial charge in [0.05, 0.1) is 24.5 Å². The molecular weight excluding hydrogens is 523 g/mol. The van der Waals surface area contributed by atoms with Crippen LogP contribution in [0.15, 0.2) is 91.4 Å². The van der Waals surface area contributed by atoms with Gasteiger partial charge in [-0.3, -0.25) is 14.3 Å². The SMILES string of the molecule is COc1cccc(Oc2ccc(-c3nc([C@@]4(Cc5ccccc5)CCCCN4C(=O)O)n4ccncc34)cc2)c1F. The number of rotatable bonds is 7. The lowest BCUT2D eigenvalue weighted by Gasteiger charge is -2.45. The molecule has 41 heavy (non-hydrogen) atoms. The molecule has 3 heterocycles. The average Bonchev–Trinajstić information content (AvgIpc) is 3.40. The van der Waals surface area contributed by atoms with Crippen molar-refractivity contribution in [1.29, 1.82) is 0 Å². The zero-order valence-corrected chi connectivity index (χ0v) is 22.5. The van der Waals surface area contributed by atoms with Crippen molar-refractivity contribution in [3.05, 3.63) is 109 Å². The number of hydrogen-bond acceptors (Lipinski definition) is 5. The highest BCUT2D eigenvalue weighted by atomic mass is 19.1. The van der Waals surface area contributed by atoms with Crippen LogP contribution in [0, 0.1) is 5.82 Å². The second-order valence-electron chi connectivity index (χ2n) is 10.1. The molecule has 8 nitrogen and oxygen atoms in total. The third-order valence-electron chi connectivity index (χ3n) is 7.68. The maximum Gasteiger partial charge on any atom is 0.408 e. The summed E-state index contributed by atoms with van der Waals surface area (Å²) < 4.78 is 27.4. The smallest absolute Gasteiger partial charge is 0.408 e. The van der Waals surface area contributed by atoms with Gasteiger partial charge in [0.1, 0.15) is 17.1 Å². The molecular formula is C32H29FN4O4. The van der Waals surface area contributed by atoms with E-state index >= 15 is 0 Å². The molecule has 9 heteroatoms. The van der Waals surface area contributed by atoms with Gasteiger partial charge in [-0.1, -0.05) is 36.4 Å². The van der Waals surface area contributed by atoms with Crippen molar-refractivity contribution < 1.29 is 23.8 Å². The normalized spacial score (nSPS) is 17.0.